The molecule has 0 aliphatic rings. The Morgan fingerprint density at radius 1 is 1.15 bits per heavy atom. The number of imidazole rings is 1. The highest BCUT2D eigenvalue weighted by Crippen LogP contribution is 2.16. The number of hydrogen-bond acceptors (Lipinski definition) is 5. The topological polar surface area (TPSA) is 81.8 Å². The summed E-state index contributed by atoms with van der Waals surface area (Å²) in [5, 5.41) is 3.26. The minimum Gasteiger partial charge on any atom is -0.332 e. The van der Waals surface area contributed by atoms with E-state index in [4.69, 9.17) is 0 Å². The number of para-hydroxylation sites is 1. The SMILES string of the molecule is Cc1nccn1-c1ccccc1CNC(=O)n1sc2ncccc2c1=O. The largest absolute Gasteiger partial charge is 0.338 e. The maximum absolute atomic E-state index is 12.5. The minimum atomic E-state index is -0.463. The zero-order valence-corrected chi connectivity index (χ0v) is 14.7. The molecule has 26 heavy (non-hydrogen) atoms. The first-order valence-corrected chi connectivity index (χ1v) is 8.76. The van der Waals surface area contributed by atoms with Crippen molar-refractivity contribution < 1.29 is 4.79 Å². The summed E-state index contributed by atoms with van der Waals surface area (Å²) < 4.78 is 3.06. The molecule has 0 saturated heterocycles. The Morgan fingerprint density at radius 2 is 2.00 bits per heavy atom. The summed E-state index contributed by atoms with van der Waals surface area (Å²) in [5.74, 6) is 0.857. The molecule has 4 aromatic rings. The molecule has 1 aromatic carbocycles. The summed E-state index contributed by atoms with van der Waals surface area (Å²) in [4.78, 5) is 33.7. The van der Waals surface area contributed by atoms with Crippen LogP contribution in [0.2, 0.25) is 0 Å². The number of amides is 1. The highest BCUT2D eigenvalue weighted by Gasteiger charge is 2.15. The second kappa shape index (κ2) is 6.57. The van der Waals surface area contributed by atoms with Crippen LogP contribution in [0.4, 0.5) is 4.79 Å². The molecule has 0 aliphatic carbocycles. The van der Waals surface area contributed by atoms with Gasteiger partial charge in [-0.2, -0.15) is 3.96 Å². The Balaban J connectivity index is 1.60. The van der Waals surface area contributed by atoms with E-state index in [0.717, 1.165) is 32.6 Å². The first kappa shape index (κ1) is 16.2. The van der Waals surface area contributed by atoms with Crippen LogP contribution in [0.25, 0.3) is 15.9 Å². The summed E-state index contributed by atoms with van der Waals surface area (Å²) in [6.45, 7) is 2.21. The van der Waals surface area contributed by atoms with Crippen molar-refractivity contribution in [3.05, 3.63) is 76.7 Å². The number of nitrogens with one attached hydrogen (secondary N) is 1. The van der Waals surface area contributed by atoms with E-state index in [1.807, 2.05) is 42.0 Å². The molecular formula is C18H15N5O2S. The van der Waals surface area contributed by atoms with E-state index >= 15 is 0 Å². The van der Waals surface area contributed by atoms with Crippen molar-refractivity contribution in [2.24, 2.45) is 0 Å². The molecule has 0 bridgehead atoms. The van der Waals surface area contributed by atoms with Gasteiger partial charge in [-0.1, -0.05) is 18.2 Å². The predicted molar refractivity (Wildman–Crippen MR) is 99.8 cm³/mol. The molecule has 3 aromatic heterocycles. The predicted octanol–water partition coefficient (Wildman–Crippen LogP) is 2.71. The standard InChI is InChI=1S/C18H15N5O2S/c1-12-19-9-10-22(12)15-7-3-2-5-13(15)11-21-18(25)23-17(24)14-6-4-8-20-16(14)26-23/h2-10H,11H2,1H3,(H,21,25). The zero-order valence-electron chi connectivity index (χ0n) is 13.9. The lowest BCUT2D eigenvalue weighted by Gasteiger charge is -2.12. The number of rotatable bonds is 3. The van der Waals surface area contributed by atoms with Gasteiger partial charge in [-0.25, -0.2) is 14.8 Å². The number of benzene rings is 1. The smallest absolute Gasteiger partial charge is 0.332 e. The van der Waals surface area contributed by atoms with Crippen LogP contribution in [0.15, 0.2) is 59.8 Å². The Bertz CT molecular complexity index is 1160. The summed E-state index contributed by atoms with van der Waals surface area (Å²) in [6, 6.07) is 10.6. The van der Waals surface area contributed by atoms with Crippen molar-refractivity contribution in [2.75, 3.05) is 0 Å². The number of aryl methyl sites for hydroxylation is 1. The highest BCUT2D eigenvalue weighted by molar-refractivity contribution is 7.14. The molecule has 0 spiro atoms. The van der Waals surface area contributed by atoms with Crippen LogP contribution in [0.1, 0.15) is 11.4 Å². The lowest BCUT2D eigenvalue weighted by atomic mass is 10.1. The first-order valence-electron chi connectivity index (χ1n) is 7.98. The van der Waals surface area contributed by atoms with Crippen molar-refractivity contribution in [2.45, 2.75) is 13.5 Å². The summed E-state index contributed by atoms with van der Waals surface area (Å²) in [5.41, 5.74) is 1.51. The molecule has 4 rings (SSSR count). The maximum Gasteiger partial charge on any atom is 0.338 e. The van der Waals surface area contributed by atoms with E-state index in [-0.39, 0.29) is 5.56 Å². The van der Waals surface area contributed by atoms with E-state index in [1.165, 1.54) is 0 Å². The van der Waals surface area contributed by atoms with Crippen molar-refractivity contribution in [1.82, 2.24) is 23.8 Å². The van der Waals surface area contributed by atoms with Crippen molar-refractivity contribution >= 4 is 27.8 Å². The Labute approximate surface area is 152 Å². The second-order valence-corrected chi connectivity index (χ2v) is 6.61. The van der Waals surface area contributed by atoms with Gasteiger partial charge in [0.2, 0.25) is 0 Å². The van der Waals surface area contributed by atoms with Gasteiger partial charge in [0.1, 0.15) is 10.7 Å². The molecule has 0 unspecified atom stereocenters. The minimum absolute atomic E-state index is 0.292. The summed E-state index contributed by atoms with van der Waals surface area (Å²) >= 11 is 1.04. The average molecular weight is 365 g/mol. The number of aromatic nitrogens is 4. The van der Waals surface area contributed by atoms with Crippen LogP contribution in [0.3, 0.4) is 0 Å². The van der Waals surface area contributed by atoms with E-state index in [9.17, 15) is 9.59 Å². The highest BCUT2D eigenvalue weighted by atomic mass is 32.1. The quantitative estimate of drug-likeness (QED) is 0.605. The molecule has 1 amide bonds. The number of fused-ring (bicyclic) bond motifs is 1. The molecule has 0 saturated carbocycles. The summed E-state index contributed by atoms with van der Waals surface area (Å²) in [6.07, 6.45) is 5.21. The van der Waals surface area contributed by atoms with Crippen LogP contribution in [0.5, 0.6) is 0 Å². The lowest BCUT2D eigenvalue weighted by Crippen LogP contribution is -2.32. The number of pyridine rings is 1. The van der Waals surface area contributed by atoms with E-state index in [1.54, 1.807) is 24.5 Å². The molecule has 0 radical (unpaired) electrons. The Kier molecular flexibility index (Phi) is 4.10. The van der Waals surface area contributed by atoms with Gasteiger partial charge < -0.3 is 9.88 Å². The molecule has 0 fully saturated rings. The summed E-state index contributed by atoms with van der Waals surface area (Å²) in [7, 11) is 0. The van der Waals surface area contributed by atoms with Crippen LogP contribution < -0.4 is 10.9 Å². The van der Waals surface area contributed by atoms with Gasteiger partial charge in [0, 0.05) is 25.1 Å². The molecule has 0 atom stereocenters. The van der Waals surface area contributed by atoms with E-state index < -0.39 is 6.03 Å². The van der Waals surface area contributed by atoms with Gasteiger partial charge in [-0.15, -0.1) is 0 Å². The van der Waals surface area contributed by atoms with E-state index in [2.05, 4.69) is 15.3 Å². The third kappa shape index (κ3) is 2.80. The Morgan fingerprint density at radius 3 is 2.77 bits per heavy atom. The fourth-order valence-electron chi connectivity index (χ4n) is 2.77. The van der Waals surface area contributed by atoms with Crippen molar-refractivity contribution in [1.29, 1.82) is 0 Å². The van der Waals surface area contributed by atoms with Crippen LogP contribution in [-0.2, 0) is 6.54 Å². The number of hydrogen-bond donors (Lipinski definition) is 1. The third-order valence-corrected chi connectivity index (χ3v) is 5.07. The zero-order chi connectivity index (χ0) is 18.1. The molecule has 0 aliphatic heterocycles. The van der Waals surface area contributed by atoms with Gasteiger partial charge in [0.15, 0.2) is 0 Å². The van der Waals surface area contributed by atoms with Gasteiger partial charge in [0.05, 0.1) is 11.1 Å². The lowest BCUT2D eigenvalue weighted by molar-refractivity contribution is 0.243. The second-order valence-electron chi connectivity index (χ2n) is 5.68. The number of carbonyl (C=O) groups is 1. The van der Waals surface area contributed by atoms with Crippen LogP contribution in [-0.4, -0.2) is 24.5 Å². The fourth-order valence-corrected chi connectivity index (χ4v) is 3.63. The molecule has 130 valence electrons. The van der Waals surface area contributed by atoms with Gasteiger partial charge >= 0.3 is 6.03 Å². The molecular weight excluding hydrogens is 350 g/mol. The molecule has 7 nitrogen and oxygen atoms in total. The van der Waals surface area contributed by atoms with Crippen molar-refractivity contribution in [3.8, 4) is 5.69 Å². The normalized spacial score (nSPS) is 11.0. The first-order chi connectivity index (χ1) is 12.6. The number of nitrogens with zero attached hydrogens (tertiary/aromatic N) is 4. The molecule has 1 N–H and O–H groups in total. The monoisotopic (exact) mass is 365 g/mol. The van der Waals surface area contributed by atoms with E-state index in [0.29, 0.717) is 16.8 Å². The maximum atomic E-state index is 12.5. The molecule has 3 heterocycles. The third-order valence-electron chi connectivity index (χ3n) is 4.06. The van der Waals surface area contributed by atoms with Crippen LogP contribution in [0, 0.1) is 6.92 Å². The van der Waals surface area contributed by atoms with Gasteiger partial charge in [-0.05, 0) is 42.2 Å². The van der Waals surface area contributed by atoms with Crippen LogP contribution >= 0.6 is 11.5 Å². The number of carbonyl (C=O) groups excluding carboxylic acids is 1. The Hall–Kier alpha value is -3.26. The van der Waals surface area contributed by atoms with Crippen molar-refractivity contribution in [3.63, 3.8) is 0 Å². The van der Waals surface area contributed by atoms with Gasteiger partial charge in [-0.3, -0.25) is 4.79 Å². The van der Waals surface area contributed by atoms with Gasteiger partial charge in [0.25, 0.3) is 5.56 Å². The molecule has 8 heteroatoms. The fraction of sp³-hybridized carbons (Fsp3) is 0.111. The average Bonchev–Trinajstić information content (AvgIpc) is 3.24.